The first-order valence-corrected chi connectivity index (χ1v) is 12.7. The van der Waals surface area contributed by atoms with Gasteiger partial charge in [-0.2, -0.15) is 0 Å². The van der Waals surface area contributed by atoms with Gasteiger partial charge in [-0.1, -0.05) is 13.8 Å². The molecule has 0 aromatic carbocycles. The van der Waals surface area contributed by atoms with Crippen LogP contribution in [0.25, 0.3) is 0 Å². The number of allylic oxidation sites excluding steroid dienone is 1. The van der Waals surface area contributed by atoms with E-state index in [0.29, 0.717) is 12.0 Å². The molecule has 4 rings (SSSR count). The number of rotatable bonds is 7. The number of ether oxygens (including phenoxy) is 3. The summed E-state index contributed by atoms with van der Waals surface area (Å²) in [7, 11) is 1.41. The fraction of sp³-hybridized carbons (Fsp3) is 0.593. The number of nitrogens with one attached hydrogen (secondary N) is 1. The highest BCUT2D eigenvalue weighted by Gasteiger charge is 2.64. The third kappa shape index (κ3) is 3.95. The number of hydrogen-bond acceptors (Lipinski definition) is 10. The van der Waals surface area contributed by atoms with Crippen LogP contribution in [-0.2, 0) is 38.2 Å². The molecule has 0 aromatic rings. The molecule has 1 heterocycles. The van der Waals surface area contributed by atoms with Gasteiger partial charge in [0.15, 0.2) is 5.76 Å². The Balaban J connectivity index is 1.98. The number of hydrogen-bond donors (Lipinski definition) is 3. The normalized spacial score (nSPS) is 34.4. The van der Waals surface area contributed by atoms with Gasteiger partial charge in [0.05, 0.1) is 17.6 Å². The lowest BCUT2D eigenvalue weighted by molar-refractivity contribution is -0.160. The maximum Gasteiger partial charge on any atom is 0.340 e. The van der Waals surface area contributed by atoms with Gasteiger partial charge in [0.1, 0.15) is 24.0 Å². The standard InChI is InChI=1S/C27H33NO10/c1-6-15(24(33)34)28-10-13-20-23(32)22(31)19-14-7-8-17(30)26(14,3)9-16(37-12(2)29)21(19)27(20,4)18(11-36-5)38-25(13)35/h10,14-16,18,28,32H,6-9,11H2,1-5H3,(H,33,34)/b13-10-/t14-,15+,16+,18+,26-,27-/m0/s1. The van der Waals surface area contributed by atoms with E-state index < -0.39 is 64.4 Å². The molecule has 4 aliphatic rings. The Hall–Kier alpha value is -3.47. The van der Waals surface area contributed by atoms with Crippen molar-refractivity contribution >= 4 is 29.5 Å². The molecule has 38 heavy (non-hydrogen) atoms. The minimum Gasteiger partial charge on any atom is -0.504 e. The summed E-state index contributed by atoms with van der Waals surface area (Å²) in [5.74, 6) is -4.66. The minimum absolute atomic E-state index is 0.0500. The van der Waals surface area contributed by atoms with Crippen LogP contribution in [0.5, 0.6) is 0 Å². The molecule has 1 saturated heterocycles. The molecule has 1 saturated carbocycles. The molecule has 6 atom stereocenters. The van der Waals surface area contributed by atoms with Crippen LogP contribution in [0.4, 0.5) is 0 Å². The Kier molecular flexibility index (Phi) is 7.02. The van der Waals surface area contributed by atoms with Crippen molar-refractivity contribution in [3.05, 3.63) is 34.3 Å². The number of methoxy groups -OCH3 is 1. The number of cyclic esters (lactones) is 1. The first-order valence-electron chi connectivity index (χ1n) is 12.7. The quantitative estimate of drug-likeness (QED) is 0.324. The van der Waals surface area contributed by atoms with Crippen molar-refractivity contribution in [1.82, 2.24) is 5.32 Å². The van der Waals surface area contributed by atoms with Gasteiger partial charge in [0.2, 0.25) is 5.78 Å². The number of esters is 2. The summed E-state index contributed by atoms with van der Waals surface area (Å²) in [6.45, 7) is 6.19. The molecule has 3 aliphatic carbocycles. The predicted molar refractivity (Wildman–Crippen MR) is 130 cm³/mol. The van der Waals surface area contributed by atoms with Gasteiger partial charge in [0.25, 0.3) is 0 Å². The third-order valence-electron chi connectivity index (χ3n) is 8.56. The predicted octanol–water partition coefficient (Wildman–Crippen LogP) is 1.91. The van der Waals surface area contributed by atoms with E-state index in [2.05, 4.69) is 5.32 Å². The van der Waals surface area contributed by atoms with Crippen LogP contribution < -0.4 is 5.32 Å². The molecule has 0 unspecified atom stereocenters. The smallest absolute Gasteiger partial charge is 0.340 e. The Bertz CT molecular complexity index is 1210. The average molecular weight is 532 g/mol. The Labute approximate surface area is 219 Å². The van der Waals surface area contributed by atoms with E-state index in [-0.39, 0.29) is 48.4 Å². The first kappa shape index (κ1) is 27.6. The second-order valence-corrected chi connectivity index (χ2v) is 10.7. The largest absolute Gasteiger partial charge is 0.504 e. The van der Waals surface area contributed by atoms with Crippen molar-refractivity contribution in [1.29, 1.82) is 0 Å². The van der Waals surface area contributed by atoms with Gasteiger partial charge in [-0.05, 0) is 25.3 Å². The Morgan fingerprint density at radius 2 is 1.95 bits per heavy atom. The van der Waals surface area contributed by atoms with Crippen molar-refractivity contribution in [3.63, 3.8) is 0 Å². The number of Topliss-reactive ketones (excluding diaryl/α,β-unsaturated/α-hetero) is 2. The van der Waals surface area contributed by atoms with Crippen molar-refractivity contribution in [2.75, 3.05) is 13.7 Å². The molecular formula is C27H33NO10. The molecule has 0 spiro atoms. The van der Waals surface area contributed by atoms with E-state index in [1.54, 1.807) is 20.8 Å². The van der Waals surface area contributed by atoms with E-state index in [9.17, 15) is 34.2 Å². The lowest BCUT2D eigenvalue weighted by Gasteiger charge is -2.53. The topological polar surface area (TPSA) is 166 Å². The second-order valence-electron chi connectivity index (χ2n) is 10.7. The second kappa shape index (κ2) is 9.68. The van der Waals surface area contributed by atoms with Crippen LogP contribution in [0.3, 0.4) is 0 Å². The molecular weight excluding hydrogens is 498 g/mol. The molecule has 3 N–H and O–H groups in total. The van der Waals surface area contributed by atoms with Gasteiger partial charge in [-0.25, -0.2) is 9.59 Å². The summed E-state index contributed by atoms with van der Waals surface area (Å²) in [5, 5.41) is 23.5. The Morgan fingerprint density at radius 3 is 2.53 bits per heavy atom. The molecule has 11 nitrogen and oxygen atoms in total. The van der Waals surface area contributed by atoms with Crippen LogP contribution in [0.2, 0.25) is 0 Å². The van der Waals surface area contributed by atoms with Gasteiger partial charge in [0, 0.05) is 55.6 Å². The number of aliphatic carboxylic acids is 1. The number of carbonyl (C=O) groups excluding carboxylic acids is 4. The molecule has 2 fully saturated rings. The third-order valence-corrected chi connectivity index (χ3v) is 8.56. The molecule has 0 amide bonds. The van der Waals surface area contributed by atoms with Gasteiger partial charge < -0.3 is 29.7 Å². The van der Waals surface area contributed by atoms with Crippen LogP contribution in [-0.4, -0.2) is 71.7 Å². The molecule has 206 valence electrons. The van der Waals surface area contributed by atoms with Crippen LogP contribution in [0, 0.1) is 16.7 Å². The highest BCUT2D eigenvalue weighted by atomic mass is 16.6. The van der Waals surface area contributed by atoms with Gasteiger partial charge >= 0.3 is 17.9 Å². The molecule has 0 radical (unpaired) electrons. The molecule has 1 aliphatic heterocycles. The number of carboxylic acids is 1. The lowest BCUT2D eigenvalue weighted by Crippen LogP contribution is -2.57. The van der Waals surface area contributed by atoms with E-state index >= 15 is 0 Å². The van der Waals surface area contributed by atoms with Crippen molar-refractivity contribution in [3.8, 4) is 0 Å². The summed E-state index contributed by atoms with van der Waals surface area (Å²) in [5.41, 5.74) is -2.06. The summed E-state index contributed by atoms with van der Waals surface area (Å²) in [4.78, 5) is 63.8. The zero-order valence-electron chi connectivity index (χ0n) is 22.1. The van der Waals surface area contributed by atoms with Crippen LogP contribution in [0.1, 0.15) is 53.4 Å². The van der Waals surface area contributed by atoms with E-state index in [4.69, 9.17) is 14.2 Å². The SMILES string of the molecule is CC[C@@H](N/C=C1\C(=O)O[C@H](COC)[C@@]2(C)C1=C(O)C(=O)C1=C2[C@H](OC(C)=O)C[C@]2(C)C(=O)CC[C@@H]12)C(=O)O. The monoisotopic (exact) mass is 531 g/mol. The highest BCUT2D eigenvalue weighted by molar-refractivity contribution is 6.14. The number of ketones is 2. The highest BCUT2D eigenvalue weighted by Crippen LogP contribution is 2.62. The number of aliphatic hydroxyl groups is 1. The van der Waals surface area contributed by atoms with Crippen molar-refractivity contribution < 1.29 is 48.4 Å². The van der Waals surface area contributed by atoms with Crippen molar-refractivity contribution in [2.24, 2.45) is 16.7 Å². The average Bonchev–Trinajstić information content (AvgIpc) is 3.13. The van der Waals surface area contributed by atoms with E-state index in [1.165, 1.54) is 14.0 Å². The Morgan fingerprint density at radius 1 is 1.26 bits per heavy atom. The van der Waals surface area contributed by atoms with Crippen molar-refractivity contribution in [2.45, 2.75) is 71.6 Å². The maximum atomic E-state index is 13.9. The maximum absolute atomic E-state index is 13.9. The summed E-state index contributed by atoms with van der Waals surface area (Å²) in [6.07, 6.45) is 0.0762. The fourth-order valence-electron chi connectivity index (χ4n) is 6.64. The fourth-order valence-corrected chi connectivity index (χ4v) is 6.64. The summed E-state index contributed by atoms with van der Waals surface area (Å²) in [6, 6.07) is -1.04. The van der Waals surface area contributed by atoms with Gasteiger partial charge in [-0.3, -0.25) is 14.4 Å². The zero-order valence-corrected chi connectivity index (χ0v) is 22.1. The van der Waals surface area contributed by atoms with E-state index in [1.807, 2.05) is 0 Å². The zero-order chi connectivity index (χ0) is 28.2. The number of aliphatic hydroxyl groups excluding tert-OH is 1. The number of carboxylic acid groups (broad SMARTS) is 1. The van der Waals surface area contributed by atoms with Crippen LogP contribution >= 0.6 is 0 Å². The number of fused-ring (bicyclic) bond motifs is 4. The number of carbonyl (C=O) groups is 5. The molecule has 0 bridgehead atoms. The lowest BCUT2D eigenvalue weighted by atomic mass is 9.53. The molecule has 0 aromatic heterocycles. The van der Waals surface area contributed by atoms with E-state index in [0.717, 1.165) is 6.20 Å². The summed E-state index contributed by atoms with van der Waals surface area (Å²) < 4.78 is 16.8. The van der Waals surface area contributed by atoms with Gasteiger partial charge in [-0.15, -0.1) is 0 Å². The van der Waals surface area contributed by atoms with Crippen LogP contribution in [0.15, 0.2) is 34.3 Å². The first-order chi connectivity index (χ1) is 17.8. The molecule has 11 heteroatoms. The summed E-state index contributed by atoms with van der Waals surface area (Å²) >= 11 is 0. The minimum atomic E-state index is -1.39.